The summed E-state index contributed by atoms with van der Waals surface area (Å²) < 4.78 is 27.7. The summed E-state index contributed by atoms with van der Waals surface area (Å²) in [4.78, 5) is 6.82. The van der Waals surface area contributed by atoms with Gasteiger partial charge in [0.25, 0.3) is 5.89 Å². The van der Waals surface area contributed by atoms with Crippen molar-refractivity contribution in [2.24, 2.45) is 0 Å². The molecule has 0 saturated heterocycles. The molecule has 0 aliphatic carbocycles. The Balaban J connectivity index is 1.58. The molecule has 2 aromatic carbocycles. The van der Waals surface area contributed by atoms with Crippen molar-refractivity contribution in [3.05, 3.63) is 53.5 Å². The molecule has 1 unspecified atom stereocenters. The van der Waals surface area contributed by atoms with Gasteiger partial charge >= 0.3 is 0 Å². The van der Waals surface area contributed by atoms with E-state index < -0.39 is 0 Å². The summed E-state index contributed by atoms with van der Waals surface area (Å²) in [6.07, 6.45) is 0.930. The van der Waals surface area contributed by atoms with Crippen LogP contribution in [-0.4, -0.2) is 47.7 Å². The lowest BCUT2D eigenvalue weighted by Crippen LogP contribution is -2.46. The van der Waals surface area contributed by atoms with E-state index in [1.807, 2.05) is 43.3 Å². The second kappa shape index (κ2) is 9.46. The van der Waals surface area contributed by atoms with Gasteiger partial charge < -0.3 is 33.7 Å². The Labute approximate surface area is 208 Å². The molecule has 3 aromatic rings. The Morgan fingerprint density at radius 1 is 1.09 bits per heavy atom. The summed E-state index contributed by atoms with van der Waals surface area (Å²) in [6, 6.07) is 11.0. The van der Waals surface area contributed by atoms with E-state index in [1.54, 1.807) is 14.2 Å². The maximum absolute atomic E-state index is 5.81. The highest BCUT2D eigenvalue weighted by atomic mass is 32.1. The monoisotopic (exact) mass is 494 g/mol. The first-order valence-corrected chi connectivity index (χ1v) is 11.7. The summed E-state index contributed by atoms with van der Waals surface area (Å²) in [6.45, 7) is 5.11. The number of thiocarbonyl (C=S) groups is 1. The highest BCUT2D eigenvalue weighted by Gasteiger charge is 2.34. The standard InChI is InChI=1S/C25H26N4O5S/c1-5-10-29-14(2)21(22(26-25(29)35)15-6-8-17(30-3)19(11-15)31-4)24-27-23(28-34-24)16-7-9-18-20(12-16)33-13-32-18/h6-9,11-12,22H,5,10,13H2,1-4H3,(H,26,35). The van der Waals surface area contributed by atoms with E-state index in [1.165, 1.54) is 0 Å². The number of allylic oxidation sites excluding steroid dienone is 1. The van der Waals surface area contributed by atoms with Crippen molar-refractivity contribution in [3.63, 3.8) is 0 Å². The van der Waals surface area contributed by atoms with Crippen molar-refractivity contribution < 1.29 is 23.5 Å². The first-order chi connectivity index (χ1) is 17.0. The van der Waals surface area contributed by atoms with Crippen LogP contribution < -0.4 is 24.3 Å². The summed E-state index contributed by atoms with van der Waals surface area (Å²) >= 11 is 5.72. The van der Waals surface area contributed by atoms with Gasteiger partial charge in [0.05, 0.1) is 25.8 Å². The van der Waals surface area contributed by atoms with Crippen LogP contribution in [0.25, 0.3) is 17.0 Å². The number of aromatic nitrogens is 2. The predicted octanol–water partition coefficient (Wildman–Crippen LogP) is 4.55. The maximum atomic E-state index is 5.81. The van der Waals surface area contributed by atoms with Crippen LogP contribution in [0.4, 0.5) is 0 Å². The highest BCUT2D eigenvalue weighted by molar-refractivity contribution is 7.80. The van der Waals surface area contributed by atoms with Gasteiger partial charge in [0.15, 0.2) is 28.1 Å². The zero-order chi connectivity index (χ0) is 24.5. The lowest BCUT2D eigenvalue weighted by Gasteiger charge is -2.37. The van der Waals surface area contributed by atoms with E-state index in [4.69, 9.17) is 40.7 Å². The first kappa shape index (κ1) is 23.0. The SMILES string of the molecule is CCCN1C(=S)NC(c2ccc(OC)c(OC)c2)C(c2nc(-c3ccc4c(c3)OCO4)no2)=C1C. The minimum atomic E-state index is -0.319. The summed E-state index contributed by atoms with van der Waals surface area (Å²) in [5.74, 6) is 3.49. The lowest BCUT2D eigenvalue weighted by molar-refractivity contribution is 0.174. The smallest absolute Gasteiger partial charge is 0.258 e. The van der Waals surface area contributed by atoms with Gasteiger partial charge in [0.2, 0.25) is 12.6 Å². The van der Waals surface area contributed by atoms with E-state index in [0.717, 1.165) is 35.4 Å². The van der Waals surface area contributed by atoms with E-state index in [2.05, 4.69) is 22.3 Å². The van der Waals surface area contributed by atoms with E-state index >= 15 is 0 Å². The van der Waals surface area contributed by atoms with E-state index in [9.17, 15) is 0 Å². The molecule has 1 N–H and O–H groups in total. The van der Waals surface area contributed by atoms with Crippen LogP contribution in [0, 0.1) is 0 Å². The fourth-order valence-electron chi connectivity index (χ4n) is 4.32. The number of nitrogens with zero attached hydrogens (tertiary/aromatic N) is 3. The molecule has 9 nitrogen and oxygen atoms in total. The Bertz CT molecular complexity index is 1300. The Morgan fingerprint density at radius 3 is 2.66 bits per heavy atom. The van der Waals surface area contributed by atoms with Crippen molar-refractivity contribution in [1.29, 1.82) is 0 Å². The van der Waals surface area contributed by atoms with Gasteiger partial charge in [-0.15, -0.1) is 0 Å². The minimum absolute atomic E-state index is 0.203. The fourth-order valence-corrected chi connectivity index (χ4v) is 4.67. The summed E-state index contributed by atoms with van der Waals surface area (Å²) in [5, 5.41) is 8.36. The Hall–Kier alpha value is -3.79. The molecule has 5 rings (SSSR count). The Morgan fingerprint density at radius 2 is 1.89 bits per heavy atom. The second-order valence-electron chi connectivity index (χ2n) is 8.14. The molecule has 0 spiro atoms. The molecule has 2 aliphatic heterocycles. The van der Waals surface area contributed by atoms with E-state index in [0.29, 0.717) is 39.8 Å². The quantitative estimate of drug-likeness (QED) is 0.472. The number of benzene rings is 2. The lowest BCUT2D eigenvalue weighted by atomic mass is 9.94. The number of ether oxygens (including phenoxy) is 4. The zero-order valence-electron chi connectivity index (χ0n) is 20.0. The molecule has 1 atom stereocenters. The topological polar surface area (TPSA) is 91.1 Å². The van der Waals surface area contributed by atoms with Crippen LogP contribution in [-0.2, 0) is 0 Å². The number of hydrogen-bond donors (Lipinski definition) is 1. The number of fused-ring (bicyclic) bond motifs is 1. The van der Waals surface area contributed by atoms with Crippen LogP contribution in [0.1, 0.15) is 37.8 Å². The highest BCUT2D eigenvalue weighted by Crippen LogP contribution is 2.41. The van der Waals surface area contributed by atoms with Crippen LogP contribution >= 0.6 is 12.2 Å². The normalized spacial score (nSPS) is 17.0. The van der Waals surface area contributed by atoms with Crippen molar-refractivity contribution in [3.8, 4) is 34.4 Å². The van der Waals surface area contributed by atoms with E-state index in [-0.39, 0.29) is 12.8 Å². The average molecular weight is 495 g/mol. The van der Waals surface area contributed by atoms with Crippen molar-refractivity contribution in [2.75, 3.05) is 27.6 Å². The third kappa shape index (κ3) is 4.14. The predicted molar refractivity (Wildman–Crippen MR) is 133 cm³/mol. The summed E-state index contributed by atoms with van der Waals surface area (Å²) in [7, 11) is 3.22. The van der Waals surface area contributed by atoms with Gasteiger partial charge in [-0.2, -0.15) is 4.98 Å². The van der Waals surface area contributed by atoms with Crippen LogP contribution in [0.2, 0.25) is 0 Å². The second-order valence-corrected chi connectivity index (χ2v) is 8.53. The number of hydrogen-bond acceptors (Lipinski definition) is 8. The third-order valence-electron chi connectivity index (χ3n) is 6.07. The number of methoxy groups -OCH3 is 2. The zero-order valence-corrected chi connectivity index (χ0v) is 20.8. The Kier molecular flexibility index (Phi) is 6.21. The minimum Gasteiger partial charge on any atom is -0.493 e. The molecule has 0 bridgehead atoms. The first-order valence-electron chi connectivity index (χ1n) is 11.3. The van der Waals surface area contributed by atoms with Gasteiger partial charge in [-0.25, -0.2) is 0 Å². The molecule has 3 heterocycles. The van der Waals surface area contributed by atoms with Crippen LogP contribution in [0.3, 0.4) is 0 Å². The van der Waals surface area contributed by atoms with Crippen LogP contribution in [0.15, 0.2) is 46.6 Å². The van der Waals surface area contributed by atoms with Gasteiger partial charge in [-0.3, -0.25) is 0 Å². The molecule has 1 aromatic heterocycles. The van der Waals surface area contributed by atoms with Gasteiger partial charge in [0, 0.05) is 17.8 Å². The maximum Gasteiger partial charge on any atom is 0.258 e. The number of rotatable bonds is 7. The molecule has 10 heteroatoms. The fraction of sp³-hybridized carbons (Fsp3) is 0.320. The molecular formula is C25H26N4O5S. The molecule has 182 valence electrons. The summed E-state index contributed by atoms with van der Waals surface area (Å²) in [5.41, 5.74) is 3.50. The largest absolute Gasteiger partial charge is 0.493 e. The molecule has 0 amide bonds. The molecular weight excluding hydrogens is 468 g/mol. The molecule has 2 aliphatic rings. The molecule has 0 saturated carbocycles. The average Bonchev–Trinajstić information content (AvgIpc) is 3.55. The molecule has 35 heavy (non-hydrogen) atoms. The van der Waals surface area contributed by atoms with Crippen molar-refractivity contribution >= 4 is 22.9 Å². The van der Waals surface area contributed by atoms with Gasteiger partial charge in [-0.1, -0.05) is 18.1 Å². The van der Waals surface area contributed by atoms with Crippen molar-refractivity contribution in [2.45, 2.75) is 26.3 Å². The third-order valence-corrected chi connectivity index (χ3v) is 6.41. The van der Waals surface area contributed by atoms with Crippen molar-refractivity contribution in [1.82, 2.24) is 20.4 Å². The molecule has 0 radical (unpaired) electrons. The molecule has 0 fully saturated rings. The van der Waals surface area contributed by atoms with Gasteiger partial charge in [0.1, 0.15) is 0 Å². The number of nitrogens with one attached hydrogen (secondary N) is 1. The van der Waals surface area contributed by atoms with Crippen LogP contribution in [0.5, 0.6) is 23.0 Å². The van der Waals surface area contributed by atoms with Gasteiger partial charge in [-0.05, 0) is 61.5 Å².